The molecule has 2 amide bonds. The number of carbonyl (C=O) groups is 2. The van der Waals surface area contributed by atoms with E-state index >= 15 is 0 Å². The average Bonchev–Trinajstić information content (AvgIpc) is 2.41. The van der Waals surface area contributed by atoms with E-state index in [-0.39, 0.29) is 17.2 Å². The maximum absolute atomic E-state index is 12.1. The Kier molecular flexibility index (Phi) is 7.35. The molecule has 0 aromatic carbocycles. The van der Waals surface area contributed by atoms with Gasteiger partial charge in [0, 0.05) is 36.6 Å². The Bertz CT molecular complexity index is 361. The number of aliphatic carboxylic acids is 1. The third-order valence-corrected chi connectivity index (χ3v) is 5.18. The lowest BCUT2D eigenvalue weighted by Gasteiger charge is -2.37. The molecule has 0 spiro atoms. The fourth-order valence-electron chi connectivity index (χ4n) is 2.57. The van der Waals surface area contributed by atoms with E-state index in [9.17, 15) is 9.59 Å². The summed E-state index contributed by atoms with van der Waals surface area (Å²) < 4.78 is 0.128. The lowest BCUT2D eigenvalue weighted by molar-refractivity contribution is -0.137. The van der Waals surface area contributed by atoms with Gasteiger partial charge in [-0.05, 0) is 32.6 Å². The van der Waals surface area contributed by atoms with Gasteiger partial charge in [0.2, 0.25) is 0 Å². The Morgan fingerprint density at radius 3 is 2.67 bits per heavy atom. The molecule has 1 aliphatic rings. The van der Waals surface area contributed by atoms with Gasteiger partial charge in [-0.25, -0.2) is 4.79 Å². The van der Waals surface area contributed by atoms with E-state index in [0.717, 1.165) is 31.7 Å². The molecule has 1 heterocycles. The zero-order valence-corrected chi connectivity index (χ0v) is 14.2. The summed E-state index contributed by atoms with van der Waals surface area (Å²) in [6.07, 6.45) is 2.71. The highest BCUT2D eigenvalue weighted by Crippen LogP contribution is 2.29. The fraction of sp³-hybridized carbons (Fsp3) is 0.867. The van der Waals surface area contributed by atoms with Crippen LogP contribution in [-0.2, 0) is 4.79 Å². The van der Waals surface area contributed by atoms with Gasteiger partial charge in [0.15, 0.2) is 0 Å². The molecule has 6 heteroatoms. The van der Waals surface area contributed by atoms with E-state index in [0.29, 0.717) is 18.9 Å². The number of carbonyl (C=O) groups excluding carboxylic acids is 1. The molecule has 1 unspecified atom stereocenters. The first-order valence-electron chi connectivity index (χ1n) is 7.72. The summed E-state index contributed by atoms with van der Waals surface area (Å²) in [5, 5.41) is 11.7. The zero-order chi connectivity index (χ0) is 15.9. The molecular weight excluding hydrogens is 288 g/mol. The first-order chi connectivity index (χ1) is 9.84. The van der Waals surface area contributed by atoms with Crippen molar-refractivity contribution in [1.82, 2.24) is 10.2 Å². The number of hydrogen-bond acceptors (Lipinski definition) is 3. The Labute approximate surface area is 131 Å². The number of hydrogen-bond donors (Lipinski definition) is 2. The molecule has 0 aromatic rings. The third-order valence-electron chi connectivity index (χ3n) is 3.89. The molecule has 1 aliphatic heterocycles. The van der Waals surface area contributed by atoms with Gasteiger partial charge in [-0.15, -0.1) is 0 Å². The van der Waals surface area contributed by atoms with Crippen molar-refractivity contribution < 1.29 is 14.7 Å². The SMILES string of the molecule is CCC(CCNC(=O)N1CCSC(C)(C)C1)CCC(=O)O. The van der Waals surface area contributed by atoms with Crippen LogP contribution in [0, 0.1) is 5.92 Å². The number of thioether (sulfide) groups is 1. The van der Waals surface area contributed by atoms with E-state index < -0.39 is 5.97 Å². The summed E-state index contributed by atoms with van der Waals surface area (Å²) >= 11 is 1.91. The molecule has 0 bridgehead atoms. The van der Waals surface area contributed by atoms with Crippen LogP contribution in [0.15, 0.2) is 0 Å². The molecule has 1 saturated heterocycles. The molecule has 122 valence electrons. The highest BCUT2D eigenvalue weighted by molar-refractivity contribution is 8.00. The first kappa shape index (κ1) is 18.1. The highest BCUT2D eigenvalue weighted by atomic mass is 32.2. The number of carboxylic acid groups (broad SMARTS) is 1. The topological polar surface area (TPSA) is 69.6 Å². The van der Waals surface area contributed by atoms with Crippen LogP contribution in [0.25, 0.3) is 0 Å². The Morgan fingerprint density at radius 1 is 1.38 bits per heavy atom. The van der Waals surface area contributed by atoms with Crippen LogP contribution in [-0.4, -0.2) is 52.1 Å². The van der Waals surface area contributed by atoms with Crippen molar-refractivity contribution in [2.45, 2.75) is 51.2 Å². The van der Waals surface area contributed by atoms with Crippen molar-refractivity contribution in [3.05, 3.63) is 0 Å². The van der Waals surface area contributed by atoms with Crippen molar-refractivity contribution in [2.24, 2.45) is 5.92 Å². The Hall–Kier alpha value is -0.910. The van der Waals surface area contributed by atoms with Crippen molar-refractivity contribution in [3.63, 3.8) is 0 Å². The third kappa shape index (κ3) is 7.07. The molecule has 21 heavy (non-hydrogen) atoms. The van der Waals surface area contributed by atoms with Gasteiger partial charge in [-0.2, -0.15) is 11.8 Å². The summed E-state index contributed by atoms with van der Waals surface area (Å²) in [5.74, 6) is 0.608. The molecule has 0 saturated carbocycles. The number of amides is 2. The van der Waals surface area contributed by atoms with Gasteiger partial charge < -0.3 is 15.3 Å². The van der Waals surface area contributed by atoms with Gasteiger partial charge in [-0.3, -0.25) is 4.79 Å². The normalized spacial score (nSPS) is 19.1. The summed E-state index contributed by atoms with van der Waals surface area (Å²) in [5.41, 5.74) is 0. The monoisotopic (exact) mass is 316 g/mol. The fourth-order valence-corrected chi connectivity index (χ4v) is 3.68. The van der Waals surface area contributed by atoms with Crippen LogP contribution in [0.1, 0.15) is 46.5 Å². The van der Waals surface area contributed by atoms with E-state index in [4.69, 9.17) is 5.11 Å². The maximum Gasteiger partial charge on any atom is 0.317 e. The second-order valence-electron chi connectivity index (χ2n) is 6.26. The molecule has 0 radical (unpaired) electrons. The number of nitrogens with zero attached hydrogens (tertiary/aromatic N) is 1. The molecule has 0 aliphatic carbocycles. The first-order valence-corrected chi connectivity index (χ1v) is 8.71. The summed E-state index contributed by atoms with van der Waals surface area (Å²) in [7, 11) is 0. The minimum Gasteiger partial charge on any atom is -0.481 e. The quantitative estimate of drug-likeness (QED) is 0.758. The molecule has 0 aromatic heterocycles. The van der Waals surface area contributed by atoms with Crippen LogP contribution in [0.3, 0.4) is 0 Å². The van der Waals surface area contributed by atoms with E-state index in [1.807, 2.05) is 16.7 Å². The molecule has 5 nitrogen and oxygen atoms in total. The number of urea groups is 1. The van der Waals surface area contributed by atoms with Crippen molar-refractivity contribution >= 4 is 23.8 Å². The summed E-state index contributed by atoms with van der Waals surface area (Å²) in [6.45, 7) is 8.60. The van der Waals surface area contributed by atoms with Gasteiger partial charge >= 0.3 is 12.0 Å². The van der Waals surface area contributed by atoms with Gasteiger partial charge in [0.1, 0.15) is 0 Å². The second kappa shape index (κ2) is 8.51. The highest BCUT2D eigenvalue weighted by Gasteiger charge is 2.29. The number of rotatable bonds is 7. The van der Waals surface area contributed by atoms with Crippen molar-refractivity contribution in [1.29, 1.82) is 0 Å². The second-order valence-corrected chi connectivity index (χ2v) is 8.06. The van der Waals surface area contributed by atoms with Gasteiger partial charge in [0.05, 0.1) is 0 Å². The standard InChI is InChI=1S/C15H28N2O3S/c1-4-12(5-6-13(18)19)7-8-16-14(20)17-9-10-21-15(2,3)11-17/h12H,4-11H2,1-3H3,(H,16,20)(H,18,19). The van der Waals surface area contributed by atoms with Crippen LogP contribution in [0.4, 0.5) is 4.79 Å². The summed E-state index contributed by atoms with van der Waals surface area (Å²) in [6, 6.07) is 0.0106. The minimum atomic E-state index is -0.745. The minimum absolute atomic E-state index is 0.0106. The van der Waals surface area contributed by atoms with E-state index in [1.165, 1.54) is 0 Å². The van der Waals surface area contributed by atoms with E-state index in [2.05, 4.69) is 26.1 Å². The molecule has 1 atom stereocenters. The smallest absolute Gasteiger partial charge is 0.317 e. The maximum atomic E-state index is 12.1. The Morgan fingerprint density at radius 2 is 2.10 bits per heavy atom. The number of carboxylic acids is 1. The molecule has 2 N–H and O–H groups in total. The predicted octanol–water partition coefficient (Wildman–Crippen LogP) is 2.80. The molecule has 1 rings (SSSR count). The van der Waals surface area contributed by atoms with Crippen molar-refractivity contribution in [3.8, 4) is 0 Å². The zero-order valence-electron chi connectivity index (χ0n) is 13.4. The van der Waals surface area contributed by atoms with Crippen LogP contribution in [0.2, 0.25) is 0 Å². The Balaban J connectivity index is 2.27. The largest absolute Gasteiger partial charge is 0.481 e. The van der Waals surface area contributed by atoms with E-state index in [1.54, 1.807) is 0 Å². The van der Waals surface area contributed by atoms with Crippen LogP contribution >= 0.6 is 11.8 Å². The van der Waals surface area contributed by atoms with Gasteiger partial charge in [0.25, 0.3) is 0 Å². The predicted molar refractivity (Wildman–Crippen MR) is 86.8 cm³/mol. The number of nitrogens with one attached hydrogen (secondary N) is 1. The molecular formula is C15H28N2O3S. The van der Waals surface area contributed by atoms with Gasteiger partial charge in [-0.1, -0.05) is 13.3 Å². The van der Waals surface area contributed by atoms with Crippen LogP contribution in [0.5, 0.6) is 0 Å². The van der Waals surface area contributed by atoms with Crippen LogP contribution < -0.4 is 5.32 Å². The lowest BCUT2D eigenvalue weighted by Crippen LogP contribution is -2.50. The average molecular weight is 316 g/mol. The lowest BCUT2D eigenvalue weighted by atomic mass is 9.97. The van der Waals surface area contributed by atoms with Crippen molar-refractivity contribution in [2.75, 3.05) is 25.4 Å². The summed E-state index contributed by atoms with van der Waals surface area (Å²) in [4.78, 5) is 24.6. The molecule has 1 fully saturated rings.